The molecule has 4 heteroatoms. The number of benzene rings is 1. The fraction of sp³-hybridized carbons (Fsp3) is 0.417. The van der Waals surface area contributed by atoms with Crippen LogP contribution >= 0.6 is 11.8 Å². The summed E-state index contributed by atoms with van der Waals surface area (Å²) in [6, 6.07) is 8.28. The third-order valence-electron chi connectivity index (χ3n) is 2.71. The monoisotopic (exact) mass is 237 g/mol. The zero-order valence-corrected chi connectivity index (χ0v) is 10.2. The summed E-state index contributed by atoms with van der Waals surface area (Å²) in [5.41, 5.74) is 1.28. The van der Waals surface area contributed by atoms with E-state index < -0.39 is 0 Å². The van der Waals surface area contributed by atoms with E-state index in [-0.39, 0.29) is 18.1 Å². The largest absolute Gasteiger partial charge is 0.468 e. The molecule has 1 heterocycles. The highest BCUT2D eigenvalue weighted by Gasteiger charge is 2.25. The fourth-order valence-electron chi connectivity index (χ4n) is 1.85. The molecule has 1 aliphatic rings. The maximum Gasteiger partial charge on any atom is 0.322 e. The van der Waals surface area contributed by atoms with E-state index in [2.05, 4.69) is 17.4 Å². The number of nitrogens with one attached hydrogen (secondary N) is 1. The molecule has 0 saturated carbocycles. The topological polar surface area (TPSA) is 38.3 Å². The zero-order valence-electron chi connectivity index (χ0n) is 9.40. The van der Waals surface area contributed by atoms with Gasteiger partial charge in [0.15, 0.2) is 0 Å². The molecule has 1 aromatic rings. The lowest BCUT2D eigenvalue weighted by molar-refractivity contribution is -0.142. The van der Waals surface area contributed by atoms with Crippen molar-refractivity contribution >= 4 is 17.7 Å². The van der Waals surface area contributed by atoms with Gasteiger partial charge in [0.2, 0.25) is 0 Å². The first-order chi connectivity index (χ1) is 7.72. The molecule has 0 bridgehead atoms. The number of carbonyl (C=O) groups excluding carboxylic acids is 1. The number of fused-ring (bicyclic) bond motifs is 1. The van der Waals surface area contributed by atoms with Crippen molar-refractivity contribution in [1.82, 2.24) is 5.32 Å². The molecular weight excluding hydrogens is 222 g/mol. The van der Waals surface area contributed by atoms with Crippen molar-refractivity contribution in [2.75, 3.05) is 12.9 Å². The maximum absolute atomic E-state index is 11.3. The smallest absolute Gasteiger partial charge is 0.322 e. The molecule has 16 heavy (non-hydrogen) atoms. The van der Waals surface area contributed by atoms with Gasteiger partial charge < -0.3 is 4.74 Å². The van der Waals surface area contributed by atoms with Gasteiger partial charge in [0, 0.05) is 16.7 Å². The number of methoxy groups -OCH3 is 1. The molecule has 0 aliphatic carbocycles. The lowest BCUT2D eigenvalue weighted by Crippen LogP contribution is -2.37. The summed E-state index contributed by atoms with van der Waals surface area (Å²) in [7, 11) is 1.41. The second-order valence-corrected chi connectivity index (χ2v) is 4.87. The van der Waals surface area contributed by atoms with Crippen molar-refractivity contribution in [3.8, 4) is 0 Å². The van der Waals surface area contributed by atoms with E-state index in [4.69, 9.17) is 4.74 Å². The van der Waals surface area contributed by atoms with Crippen LogP contribution in [0.4, 0.5) is 0 Å². The van der Waals surface area contributed by atoms with Crippen LogP contribution in [0.2, 0.25) is 0 Å². The maximum atomic E-state index is 11.3. The number of hydrogen-bond donors (Lipinski definition) is 1. The minimum absolute atomic E-state index is 0.214. The van der Waals surface area contributed by atoms with E-state index in [0.29, 0.717) is 0 Å². The van der Waals surface area contributed by atoms with E-state index in [1.54, 1.807) is 0 Å². The van der Waals surface area contributed by atoms with Gasteiger partial charge in [-0.15, -0.1) is 11.8 Å². The van der Waals surface area contributed by atoms with E-state index in [0.717, 1.165) is 5.75 Å². The predicted octanol–water partition coefficient (Wildman–Crippen LogP) is 1.98. The van der Waals surface area contributed by atoms with Gasteiger partial charge >= 0.3 is 5.97 Å². The summed E-state index contributed by atoms with van der Waals surface area (Å²) in [6.07, 6.45) is 0. The van der Waals surface area contributed by atoms with E-state index >= 15 is 0 Å². The van der Waals surface area contributed by atoms with Gasteiger partial charge in [-0.3, -0.25) is 10.1 Å². The molecule has 1 aliphatic heterocycles. The van der Waals surface area contributed by atoms with Crippen LogP contribution in [0.25, 0.3) is 0 Å². The summed E-state index contributed by atoms with van der Waals surface area (Å²) in [5, 5.41) is 3.29. The number of ether oxygens (including phenoxy) is 1. The van der Waals surface area contributed by atoms with E-state index in [1.165, 1.54) is 17.6 Å². The molecule has 86 valence electrons. The Morgan fingerprint density at radius 2 is 2.31 bits per heavy atom. The zero-order chi connectivity index (χ0) is 11.5. The lowest BCUT2D eigenvalue weighted by Gasteiger charge is -2.17. The van der Waals surface area contributed by atoms with Gasteiger partial charge in [0.25, 0.3) is 0 Å². The van der Waals surface area contributed by atoms with Crippen LogP contribution in [0, 0.1) is 0 Å². The summed E-state index contributed by atoms with van der Waals surface area (Å²) >= 11 is 1.82. The first kappa shape index (κ1) is 11.5. The van der Waals surface area contributed by atoms with Gasteiger partial charge in [-0.1, -0.05) is 18.2 Å². The van der Waals surface area contributed by atoms with Crippen molar-refractivity contribution in [3.05, 3.63) is 29.8 Å². The van der Waals surface area contributed by atoms with Crippen LogP contribution in [0.3, 0.4) is 0 Å². The van der Waals surface area contributed by atoms with Crippen LogP contribution in [-0.4, -0.2) is 24.9 Å². The molecule has 2 atom stereocenters. The van der Waals surface area contributed by atoms with Crippen molar-refractivity contribution in [2.24, 2.45) is 0 Å². The molecule has 0 saturated heterocycles. The first-order valence-corrected chi connectivity index (χ1v) is 6.26. The Balaban J connectivity index is 2.06. The minimum Gasteiger partial charge on any atom is -0.468 e. The number of thioether (sulfide) groups is 1. The number of carbonyl (C=O) groups is 1. The summed E-state index contributed by atoms with van der Waals surface area (Å²) in [6.45, 7) is 1.83. The SMILES string of the molecule is COC(=O)C(C)NC1CSc2ccccc21. The standard InChI is InChI=1S/C12H15NO2S/c1-8(12(14)15-2)13-10-7-16-11-6-4-3-5-9(10)11/h3-6,8,10,13H,7H2,1-2H3. The second kappa shape index (κ2) is 4.89. The van der Waals surface area contributed by atoms with Crippen molar-refractivity contribution in [2.45, 2.75) is 23.9 Å². The summed E-state index contributed by atoms with van der Waals surface area (Å²) < 4.78 is 4.70. The third kappa shape index (κ3) is 2.23. The second-order valence-electron chi connectivity index (χ2n) is 3.81. The molecule has 0 radical (unpaired) electrons. The highest BCUT2D eigenvalue weighted by atomic mass is 32.2. The molecule has 0 aromatic heterocycles. The molecule has 3 nitrogen and oxygen atoms in total. The van der Waals surface area contributed by atoms with Crippen molar-refractivity contribution < 1.29 is 9.53 Å². The first-order valence-electron chi connectivity index (χ1n) is 5.28. The third-order valence-corrected chi connectivity index (χ3v) is 3.89. The highest BCUT2D eigenvalue weighted by Crippen LogP contribution is 2.37. The Kier molecular flexibility index (Phi) is 3.51. The minimum atomic E-state index is -0.262. The van der Waals surface area contributed by atoms with Gasteiger partial charge in [0.1, 0.15) is 6.04 Å². The van der Waals surface area contributed by atoms with Crippen molar-refractivity contribution in [3.63, 3.8) is 0 Å². The molecule has 1 N–H and O–H groups in total. The van der Waals surface area contributed by atoms with Gasteiger partial charge in [-0.05, 0) is 18.6 Å². The van der Waals surface area contributed by atoms with Crippen LogP contribution in [0.15, 0.2) is 29.2 Å². The van der Waals surface area contributed by atoms with Gasteiger partial charge in [0.05, 0.1) is 7.11 Å². The predicted molar refractivity (Wildman–Crippen MR) is 64.5 cm³/mol. The Morgan fingerprint density at radius 3 is 3.06 bits per heavy atom. The van der Waals surface area contributed by atoms with Crippen LogP contribution < -0.4 is 5.32 Å². The molecule has 2 rings (SSSR count). The normalized spacial score (nSPS) is 20.2. The molecular formula is C12H15NO2S. The van der Waals surface area contributed by atoms with Gasteiger partial charge in [-0.25, -0.2) is 0 Å². The number of esters is 1. The highest BCUT2D eigenvalue weighted by molar-refractivity contribution is 7.99. The van der Waals surface area contributed by atoms with E-state index in [1.807, 2.05) is 30.8 Å². The molecule has 2 unspecified atom stereocenters. The lowest BCUT2D eigenvalue weighted by atomic mass is 10.1. The molecule has 0 fully saturated rings. The molecule has 1 aromatic carbocycles. The van der Waals surface area contributed by atoms with Gasteiger partial charge in [-0.2, -0.15) is 0 Å². The Bertz CT molecular complexity index is 394. The number of hydrogen-bond acceptors (Lipinski definition) is 4. The van der Waals surface area contributed by atoms with Crippen molar-refractivity contribution in [1.29, 1.82) is 0 Å². The summed E-state index contributed by atoms with van der Waals surface area (Å²) in [5.74, 6) is 0.759. The molecule has 0 spiro atoms. The van der Waals surface area contributed by atoms with Crippen LogP contribution in [0.1, 0.15) is 18.5 Å². The average molecular weight is 237 g/mol. The number of rotatable bonds is 3. The fourth-order valence-corrected chi connectivity index (χ4v) is 3.02. The van der Waals surface area contributed by atoms with Crippen LogP contribution in [0.5, 0.6) is 0 Å². The van der Waals surface area contributed by atoms with E-state index in [9.17, 15) is 4.79 Å². The van der Waals surface area contributed by atoms with Crippen LogP contribution in [-0.2, 0) is 9.53 Å². The Hall–Kier alpha value is -1.00. The Morgan fingerprint density at radius 1 is 1.56 bits per heavy atom. The quantitative estimate of drug-likeness (QED) is 0.816. The summed E-state index contributed by atoms with van der Waals surface area (Å²) in [4.78, 5) is 12.6. The average Bonchev–Trinajstić information content (AvgIpc) is 2.72. The molecule has 0 amide bonds. The Labute approximate surface area is 99.6 Å².